The second-order valence-electron chi connectivity index (χ2n) is 8.61. The first kappa shape index (κ1) is 21.4. The summed E-state index contributed by atoms with van der Waals surface area (Å²) in [7, 11) is 4.00. The monoisotopic (exact) mass is 416 g/mol. The Kier molecular flexibility index (Phi) is 7.47. The fraction of sp³-hybridized carbons (Fsp3) is 0.696. The van der Waals surface area contributed by atoms with E-state index in [9.17, 15) is 0 Å². The number of nitrogens with zero attached hydrogens (tertiary/aromatic N) is 2. The number of hydrogen-bond donors (Lipinski definition) is 2. The van der Waals surface area contributed by atoms with Gasteiger partial charge >= 0.3 is 0 Å². The summed E-state index contributed by atoms with van der Waals surface area (Å²) in [6, 6.07) is 9.28. The van der Waals surface area contributed by atoms with Gasteiger partial charge in [0.05, 0.1) is 18.2 Å². The molecule has 0 aromatic heterocycles. The van der Waals surface area contributed by atoms with E-state index >= 15 is 0 Å². The average molecular weight is 417 g/mol. The van der Waals surface area contributed by atoms with Gasteiger partial charge in [0, 0.05) is 39.4 Å². The van der Waals surface area contributed by atoms with Gasteiger partial charge < -0.3 is 24.8 Å². The van der Waals surface area contributed by atoms with Crippen molar-refractivity contribution in [3.63, 3.8) is 0 Å². The molecule has 2 N–H and O–H groups in total. The fourth-order valence-electron chi connectivity index (χ4n) is 4.71. The number of likely N-dealkylation sites (N-methyl/N-ethyl adjacent to an activating group) is 1. The van der Waals surface area contributed by atoms with Gasteiger partial charge in [0.25, 0.3) is 0 Å². The first-order valence-corrected chi connectivity index (χ1v) is 11.3. The van der Waals surface area contributed by atoms with Crippen molar-refractivity contribution in [2.75, 3.05) is 40.5 Å². The van der Waals surface area contributed by atoms with E-state index in [0.717, 1.165) is 57.2 Å². The summed E-state index contributed by atoms with van der Waals surface area (Å²) in [5, 5.41) is 6.95. The maximum Gasteiger partial charge on any atom is 0.191 e. The summed E-state index contributed by atoms with van der Waals surface area (Å²) in [5.74, 6) is 1.75. The molecular weight excluding hydrogens is 380 g/mol. The second-order valence-corrected chi connectivity index (χ2v) is 8.61. The molecule has 0 aliphatic carbocycles. The van der Waals surface area contributed by atoms with Crippen LogP contribution in [0.15, 0.2) is 29.3 Å². The topological polar surface area (TPSA) is 67.4 Å². The van der Waals surface area contributed by atoms with Gasteiger partial charge in [-0.25, -0.2) is 0 Å². The Hall–Kier alpha value is -1.83. The molecule has 3 heterocycles. The van der Waals surface area contributed by atoms with Crippen molar-refractivity contribution >= 4 is 5.96 Å². The van der Waals surface area contributed by atoms with Gasteiger partial charge in [-0.2, -0.15) is 0 Å². The number of guanidine groups is 1. The Balaban J connectivity index is 1.20. The minimum Gasteiger partial charge on any atom is -0.492 e. The molecule has 3 saturated heterocycles. The molecule has 30 heavy (non-hydrogen) atoms. The quantitative estimate of drug-likeness (QED) is 0.500. The van der Waals surface area contributed by atoms with Crippen LogP contribution in [-0.2, 0) is 16.0 Å². The van der Waals surface area contributed by atoms with Crippen LogP contribution in [0, 0.1) is 0 Å². The van der Waals surface area contributed by atoms with Gasteiger partial charge in [0.2, 0.25) is 0 Å². The summed E-state index contributed by atoms with van der Waals surface area (Å²) >= 11 is 0. The molecule has 7 nitrogen and oxygen atoms in total. The van der Waals surface area contributed by atoms with E-state index in [-0.39, 0.29) is 0 Å². The van der Waals surface area contributed by atoms with Crippen LogP contribution in [0.1, 0.15) is 37.7 Å². The van der Waals surface area contributed by atoms with Crippen molar-refractivity contribution in [1.29, 1.82) is 0 Å². The van der Waals surface area contributed by atoms with Gasteiger partial charge in [-0.1, -0.05) is 12.1 Å². The van der Waals surface area contributed by atoms with E-state index in [1.54, 1.807) is 0 Å². The van der Waals surface area contributed by atoms with E-state index in [1.165, 1.54) is 12.0 Å². The van der Waals surface area contributed by atoms with Crippen molar-refractivity contribution in [1.82, 2.24) is 15.5 Å². The van der Waals surface area contributed by atoms with E-state index in [4.69, 9.17) is 14.2 Å². The molecule has 0 radical (unpaired) electrons. The number of fused-ring (bicyclic) bond motifs is 2. The van der Waals surface area contributed by atoms with E-state index in [0.29, 0.717) is 37.4 Å². The van der Waals surface area contributed by atoms with E-state index in [1.807, 2.05) is 13.1 Å². The van der Waals surface area contributed by atoms with Crippen LogP contribution in [0.2, 0.25) is 0 Å². The molecule has 3 atom stereocenters. The summed E-state index contributed by atoms with van der Waals surface area (Å²) in [6.07, 6.45) is 6.43. The summed E-state index contributed by atoms with van der Waals surface area (Å²) in [5.41, 5.74) is 1.18. The molecule has 1 aromatic carbocycles. The zero-order valence-electron chi connectivity index (χ0n) is 18.3. The molecule has 3 aliphatic rings. The predicted molar refractivity (Wildman–Crippen MR) is 118 cm³/mol. The maximum atomic E-state index is 6.02. The van der Waals surface area contributed by atoms with Gasteiger partial charge in [-0.3, -0.25) is 9.89 Å². The highest BCUT2D eigenvalue weighted by Gasteiger charge is 2.41. The molecule has 3 unspecified atom stereocenters. The van der Waals surface area contributed by atoms with Crippen LogP contribution in [0.25, 0.3) is 0 Å². The van der Waals surface area contributed by atoms with Crippen molar-refractivity contribution in [3.8, 4) is 5.75 Å². The molecule has 1 aromatic rings. The third-order valence-electron chi connectivity index (χ3n) is 6.54. The Morgan fingerprint density at radius 3 is 2.83 bits per heavy atom. The highest BCUT2D eigenvalue weighted by Crippen LogP contribution is 2.34. The van der Waals surface area contributed by atoms with E-state index < -0.39 is 0 Å². The highest BCUT2D eigenvalue weighted by molar-refractivity contribution is 5.80. The first-order chi connectivity index (χ1) is 14.7. The second kappa shape index (κ2) is 10.5. The molecule has 0 spiro atoms. The van der Waals surface area contributed by atoms with Crippen LogP contribution >= 0.6 is 0 Å². The molecule has 166 valence electrons. The lowest BCUT2D eigenvalue weighted by Gasteiger charge is -2.31. The highest BCUT2D eigenvalue weighted by atomic mass is 16.5. The summed E-state index contributed by atoms with van der Waals surface area (Å²) < 4.78 is 17.4. The Morgan fingerprint density at radius 1 is 1.23 bits per heavy atom. The number of benzene rings is 1. The average Bonchev–Trinajstić information content (AvgIpc) is 3.41. The predicted octanol–water partition coefficient (Wildman–Crippen LogP) is 2.16. The largest absolute Gasteiger partial charge is 0.492 e. The Bertz CT molecular complexity index is 707. The SMILES string of the molecule is CN=C(NCc1cccc(OCCN(C)C2CCOCC2)c1)NC1CC2CCC1O2. The van der Waals surface area contributed by atoms with Gasteiger partial charge in [-0.05, 0) is 56.8 Å². The normalized spacial score (nSPS) is 26.9. The maximum absolute atomic E-state index is 6.02. The minimum absolute atomic E-state index is 0.338. The van der Waals surface area contributed by atoms with Crippen LogP contribution in [0.4, 0.5) is 0 Å². The van der Waals surface area contributed by atoms with Crippen molar-refractivity contribution < 1.29 is 14.2 Å². The molecular formula is C23H36N4O3. The molecule has 0 amide bonds. The van der Waals surface area contributed by atoms with Gasteiger partial charge in [0.15, 0.2) is 5.96 Å². The lowest BCUT2D eigenvalue weighted by atomic mass is 9.96. The van der Waals surface area contributed by atoms with Gasteiger partial charge in [0.1, 0.15) is 12.4 Å². The molecule has 3 aliphatic heterocycles. The van der Waals surface area contributed by atoms with Crippen LogP contribution in [-0.4, -0.2) is 75.6 Å². The Morgan fingerprint density at radius 2 is 2.10 bits per heavy atom. The number of aliphatic imine (C=N–C) groups is 1. The molecule has 0 saturated carbocycles. The van der Waals surface area contributed by atoms with Gasteiger partial charge in [-0.15, -0.1) is 0 Å². The van der Waals surface area contributed by atoms with Crippen molar-refractivity contribution in [3.05, 3.63) is 29.8 Å². The van der Waals surface area contributed by atoms with E-state index in [2.05, 4.69) is 45.8 Å². The minimum atomic E-state index is 0.338. The summed E-state index contributed by atoms with van der Waals surface area (Å²) in [4.78, 5) is 6.77. The first-order valence-electron chi connectivity index (χ1n) is 11.3. The number of ether oxygens (including phenoxy) is 3. The third kappa shape index (κ3) is 5.65. The van der Waals surface area contributed by atoms with Crippen LogP contribution in [0.3, 0.4) is 0 Å². The lowest BCUT2D eigenvalue weighted by molar-refractivity contribution is 0.0392. The zero-order valence-corrected chi connectivity index (χ0v) is 18.3. The standard InChI is InChI=1S/C23H36N4O3/c1-24-23(26-21-15-20-6-7-22(21)30-20)25-16-17-4-3-5-19(14-17)29-13-10-27(2)18-8-11-28-12-9-18/h3-5,14,18,20-22H,6-13,15-16H2,1-2H3,(H2,24,25,26). The summed E-state index contributed by atoms with van der Waals surface area (Å²) in [6.45, 7) is 4.07. The number of hydrogen-bond acceptors (Lipinski definition) is 5. The molecule has 7 heteroatoms. The van der Waals surface area contributed by atoms with Crippen molar-refractivity contribution in [2.45, 2.75) is 62.9 Å². The molecule has 2 bridgehead atoms. The Labute approximate surface area is 180 Å². The number of rotatable bonds is 8. The zero-order chi connectivity index (χ0) is 20.8. The molecule has 4 rings (SSSR count). The third-order valence-corrected chi connectivity index (χ3v) is 6.54. The molecule has 3 fully saturated rings. The fourth-order valence-corrected chi connectivity index (χ4v) is 4.71. The van der Waals surface area contributed by atoms with Crippen molar-refractivity contribution in [2.24, 2.45) is 4.99 Å². The van der Waals surface area contributed by atoms with Crippen LogP contribution < -0.4 is 15.4 Å². The smallest absolute Gasteiger partial charge is 0.191 e. The van der Waals surface area contributed by atoms with Crippen LogP contribution in [0.5, 0.6) is 5.75 Å². The number of nitrogens with one attached hydrogen (secondary N) is 2. The lowest BCUT2D eigenvalue weighted by Crippen LogP contribution is -2.47.